The van der Waals surface area contributed by atoms with Gasteiger partial charge in [0.1, 0.15) is 5.78 Å². The van der Waals surface area contributed by atoms with Gasteiger partial charge in [-0.25, -0.2) is 0 Å². The number of nitrogens with zero attached hydrogens (tertiary/aromatic N) is 1. The van der Waals surface area contributed by atoms with Gasteiger partial charge < -0.3 is 5.73 Å². The molecule has 0 amide bonds. The quantitative estimate of drug-likeness (QED) is 0.934. The summed E-state index contributed by atoms with van der Waals surface area (Å²) in [6, 6.07) is 10.5. The molecule has 1 aromatic carbocycles. The molecule has 1 saturated carbocycles. The molecule has 1 aromatic heterocycles. The van der Waals surface area contributed by atoms with Gasteiger partial charge in [-0.15, -0.1) is 0 Å². The first-order valence-corrected chi connectivity index (χ1v) is 7.83. The van der Waals surface area contributed by atoms with E-state index in [0.717, 1.165) is 31.2 Å². The van der Waals surface area contributed by atoms with Crippen LogP contribution in [0.1, 0.15) is 43.6 Å². The average Bonchev–Trinajstić information content (AvgIpc) is 2.55. The number of nitrogens with two attached hydrogens (primary N) is 1. The highest BCUT2D eigenvalue weighted by atomic mass is 16.1. The van der Waals surface area contributed by atoms with Crippen molar-refractivity contribution in [2.45, 2.75) is 38.0 Å². The molecule has 1 aliphatic rings. The maximum Gasteiger partial charge on any atom is 0.146 e. The van der Waals surface area contributed by atoms with Crippen LogP contribution in [-0.2, 0) is 4.79 Å². The number of aromatic nitrogens is 1. The molecule has 2 aromatic rings. The Kier molecular flexibility index (Phi) is 4.30. The molecule has 3 rings (SSSR count). The summed E-state index contributed by atoms with van der Waals surface area (Å²) >= 11 is 0. The Morgan fingerprint density at radius 1 is 1.14 bits per heavy atom. The Labute approximate surface area is 125 Å². The van der Waals surface area contributed by atoms with Gasteiger partial charge in [-0.05, 0) is 55.2 Å². The number of pyridine rings is 1. The molecule has 0 radical (unpaired) electrons. The lowest BCUT2D eigenvalue weighted by molar-refractivity contribution is -0.118. The van der Waals surface area contributed by atoms with E-state index in [4.69, 9.17) is 5.73 Å². The van der Waals surface area contributed by atoms with Crippen molar-refractivity contribution in [1.29, 1.82) is 0 Å². The van der Waals surface area contributed by atoms with E-state index in [0.29, 0.717) is 18.3 Å². The summed E-state index contributed by atoms with van der Waals surface area (Å²) < 4.78 is 0. The number of Topliss-reactive ketones (excluding diaryl/α,β-unsaturated/α-hetero) is 1. The normalized spacial score (nSPS) is 22.3. The van der Waals surface area contributed by atoms with Gasteiger partial charge in [0, 0.05) is 18.0 Å². The van der Waals surface area contributed by atoms with Crippen molar-refractivity contribution in [3.8, 4) is 0 Å². The number of fused-ring (bicyclic) bond motifs is 1. The van der Waals surface area contributed by atoms with E-state index in [1.165, 1.54) is 10.9 Å². The summed E-state index contributed by atoms with van der Waals surface area (Å²) in [5, 5.41) is 1.28. The highest BCUT2D eigenvalue weighted by molar-refractivity contribution is 5.82. The Hall–Kier alpha value is -1.74. The van der Waals surface area contributed by atoms with Gasteiger partial charge in [0.05, 0.1) is 12.1 Å². The van der Waals surface area contributed by atoms with E-state index in [9.17, 15) is 4.79 Å². The van der Waals surface area contributed by atoms with Crippen LogP contribution in [0.2, 0.25) is 0 Å². The van der Waals surface area contributed by atoms with E-state index in [2.05, 4.69) is 29.2 Å². The predicted octanol–water partition coefficient (Wildman–Crippen LogP) is 3.43. The molecule has 0 atom stereocenters. The number of ketones is 1. The summed E-state index contributed by atoms with van der Waals surface area (Å²) in [5.41, 5.74) is 7.91. The third-order valence-electron chi connectivity index (χ3n) is 4.71. The van der Waals surface area contributed by atoms with Gasteiger partial charge in [-0.2, -0.15) is 0 Å². The van der Waals surface area contributed by atoms with E-state index in [1.807, 2.05) is 12.3 Å². The fraction of sp³-hybridized carbons (Fsp3) is 0.444. The van der Waals surface area contributed by atoms with Crippen LogP contribution >= 0.6 is 0 Å². The zero-order chi connectivity index (χ0) is 14.7. The third-order valence-corrected chi connectivity index (χ3v) is 4.71. The lowest BCUT2D eigenvalue weighted by Gasteiger charge is -2.29. The first-order valence-electron chi connectivity index (χ1n) is 7.83. The summed E-state index contributed by atoms with van der Waals surface area (Å²) in [7, 11) is 0. The van der Waals surface area contributed by atoms with Gasteiger partial charge in [0.2, 0.25) is 0 Å². The smallest absolute Gasteiger partial charge is 0.146 e. The summed E-state index contributed by atoms with van der Waals surface area (Å²) in [6.07, 6.45) is 7.18. The largest absolute Gasteiger partial charge is 0.324 e. The number of para-hydroxylation sites is 1. The molecule has 1 fully saturated rings. The third kappa shape index (κ3) is 3.13. The number of hydrogen-bond donors (Lipinski definition) is 1. The number of hydrogen-bond acceptors (Lipinski definition) is 3. The standard InChI is InChI=1S/C18H22N2O/c19-12-15(21)11-13-5-7-14(8-6-13)16-9-10-20-18-4-2-1-3-17(16)18/h1-4,9-10,13-14H,5-8,11-12,19H2. The maximum atomic E-state index is 11.5. The van der Waals surface area contributed by atoms with E-state index in [1.54, 1.807) is 0 Å². The maximum absolute atomic E-state index is 11.5. The van der Waals surface area contributed by atoms with Crippen molar-refractivity contribution in [2.75, 3.05) is 6.54 Å². The second-order valence-electron chi connectivity index (χ2n) is 6.08. The van der Waals surface area contributed by atoms with Crippen molar-refractivity contribution >= 4 is 16.7 Å². The minimum Gasteiger partial charge on any atom is -0.324 e. The molecule has 1 heterocycles. The van der Waals surface area contributed by atoms with Crippen molar-refractivity contribution < 1.29 is 4.79 Å². The van der Waals surface area contributed by atoms with Crippen LogP contribution in [0.3, 0.4) is 0 Å². The van der Waals surface area contributed by atoms with Crippen LogP contribution in [0.5, 0.6) is 0 Å². The SMILES string of the molecule is NCC(=O)CC1CCC(c2ccnc3ccccc23)CC1. The molecule has 0 saturated heterocycles. The molecule has 0 bridgehead atoms. The van der Waals surface area contributed by atoms with Crippen molar-refractivity contribution in [3.63, 3.8) is 0 Å². The predicted molar refractivity (Wildman–Crippen MR) is 85.1 cm³/mol. The minimum atomic E-state index is 0.189. The van der Waals surface area contributed by atoms with E-state index in [-0.39, 0.29) is 12.3 Å². The molecule has 0 spiro atoms. The number of benzene rings is 1. The molecule has 110 valence electrons. The van der Waals surface area contributed by atoms with E-state index < -0.39 is 0 Å². The van der Waals surface area contributed by atoms with Crippen LogP contribution in [0, 0.1) is 5.92 Å². The Morgan fingerprint density at radius 2 is 1.90 bits per heavy atom. The topological polar surface area (TPSA) is 56.0 Å². The molecule has 3 nitrogen and oxygen atoms in total. The lowest BCUT2D eigenvalue weighted by Crippen LogP contribution is -2.21. The number of carbonyl (C=O) groups excluding carboxylic acids is 1. The second kappa shape index (κ2) is 6.35. The highest BCUT2D eigenvalue weighted by Crippen LogP contribution is 2.39. The molecule has 21 heavy (non-hydrogen) atoms. The molecular weight excluding hydrogens is 260 g/mol. The van der Waals surface area contributed by atoms with E-state index >= 15 is 0 Å². The summed E-state index contributed by atoms with van der Waals surface area (Å²) in [5.74, 6) is 1.33. The van der Waals surface area contributed by atoms with Crippen LogP contribution in [0.4, 0.5) is 0 Å². The first-order chi connectivity index (χ1) is 10.3. The van der Waals surface area contributed by atoms with Crippen LogP contribution in [-0.4, -0.2) is 17.3 Å². The van der Waals surface area contributed by atoms with Gasteiger partial charge >= 0.3 is 0 Å². The molecule has 3 heteroatoms. The second-order valence-corrected chi connectivity index (χ2v) is 6.08. The fourth-order valence-electron chi connectivity index (χ4n) is 3.56. The molecule has 0 unspecified atom stereocenters. The van der Waals surface area contributed by atoms with Crippen molar-refractivity contribution in [2.24, 2.45) is 11.7 Å². The minimum absolute atomic E-state index is 0.189. The number of rotatable bonds is 4. The average molecular weight is 282 g/mol. The van der Waals surface area contributed by atoms with Crippen LogP contribution in [0.25, 0.3) is 10.9 Å². The Balaban J connectivity index is 1.73. The van der Waals surface area contributed by atoms with Gasteiger partial charge in [0.15, 0.2) is 0 Å². The summed E-state index contributed by atoms with van der Waals surface area (Å²) in [4.78, 5) is 15.9. The monoisotopic (exact) mass is 282 g/mol. The molecule has 2 N–H and O–H groups in total. The molecule has 0 aliphatic heterocycles. The Bertz CT molecular complexity index is 625. The van der Waals surface area contributed by atoms with Crippen molar-refractivity contribution in [1.82, 2.24) is 4.98 Å². The fourth-order valence-corrected chi connectivity index (χ4v) is 3.56. The van der Waals surface area contributed by atoms with Crippen molar-refractivity contribution in [3.05, 3.63) is 42.1 Å². The Morgan fingerprint density at radius 3 is 2.67 bits per heavy atom. The van der Waals surface area contributed by atoms with Crippen LogP contribution in [0.15, 0.2) is 36.5 Å². The van der Waals surface area contributed by atoms with Crippen LogP contribution < -0.4 is 5.73 Å². The highest BCUT2D eigenvalue weighted by Gasteiger charge is 2.24. The van der Waals surface area contributed by atoms with Gasteiger partial charge in [-0.1, -0.05) is 18.2 Å². The zero-order valence-corrected chi connectivity index (χ0v) is 12.3. The first kappa shape index (κ1) is 14.2. The summed E-state index contributed by atoms with van der Waals surface area (Å²) in [6.45, 7) is 0.189. The van der Waals surface area contributed by atoms with Gasteiger partial charge in [-0.3, -0.25) is 9.78 Å². The lowest BCUT2D eigenvalue weighted by atomic mass is 9.76. The zero-order valence-electron chi connectivity index (χ0n) is 12.3. The van der Waals surface area contributed by atoms with Gasteiger partial charge in [0.25, 0.3) is 0 Å². The molecular formula is C18H22N2O. The molecule has 1 aliphatic carbocycles. The number of carbonyl (C=O) groups is 1.